The zero-order chi connectivity index (χ0) is 13.4. The topological polar surface area (TPSA) is 91.0 Å². The molecule has 0 aliphatic rings. The van der Waals surface area contributed by atoms with Crippen molar-refractivity contribution >= 4 is 10.2 Å². The quantitative estimate of drug-likeness (QED) is 0.678. The maximum absolute atomic E-state index is 12.0. The molecule has 0 fully saturated rings. The van der Waals surface area contributed by atoms with E-state index in [0.29, 0.717) is 31.9 Å². The Morgan fingerprint density at radius 2 is 2.00 bits per heavy atom. The van der Waals surface area contributed by atoms with Gasteiger partial charge in [-0.1, -0.05) is 13.8 Å². The SMILES string of the molecule is CCCN(CCC)S(=O)(=O)NCCc1ncn[nH]1. The van der Waals surface area contributed by atoms with E-state index < -0.39 is 10.2 Å². The van der Waals surface area contributed by atoms with Crippen LogP contribution in [0.25, 0.3) is 0 Å². The lowest BCUT2D eigenvalue weighted by Crippen LogP contribution is -2.42. The van der Waals surface area contributed by atoms with Crippen molar-refractivity contribution < 1.29 is 8.42 Å². The zero-order valence-corrected chi connectivity index (χ0v) is 11.7. The first-order valence-corrected chi connectivity index (χ1v) is 7.63. The molecule has 0 aliphatic carbocycles. The molecule has 7 nitrogen and oxygen atoms in total. The predicted octanol–water partition coefficient (Wildman–Crippen LogP) is 0.304. The van der Waals surface area contributed by atoms with Crippen molar-refractivity contribution in [2.24, 2.45) is 0 Å². The molecular formula is C10H21N5O2S. The molecule has 2 N–H and O–H groups in total. The first-order valence-electron chi connectivity index (χ1n) is 6.19. The number of rotatable bonds is 9. The Labute approximate surface area is 108 Å². The highest BCUT2D eigenvalue weighted by molar-refractivity contribution is 7.87. The zero-order valence-electron chi connectivity index (χ0n) is 10.9. The minimum atomic E-state index is -3.38. The monoisotopic (exact) mass is 275 g/mol. The molecule has 0 aromatic carbocycles. The fourth-order valence-electron chi connectivity index (χ4n) is 1.59. The second kappa shape index (κ2) is 7.45. The Morgan fingerprint density at radius 3 is 2.50 bits per heavy atom. The van der Waals surface area contributed by atoms with E-state index in [-0.39, 0.29) is 0 Å². The Bertz CT molecular complexity index is 411. The van der Waals surface area contributed by atoms with Crippen LogP contribution in [0.15, 0.2) is 6.33 Å². The molecule has 0 unspecified atom stereocenters. The van der Waals surface area contributed by atoms with Crippen LogP contribution in [-0.2, 0) is 16.6 Å². The Kier molecular flexibility index (Phi) is 6.23. The second-order valence-electron chi connectivity index (χ2n) is 3.98. The Balaban J connectivity index is 2.46. The minimum Gasteiger partial charge on any atom is -0.263 e. The van der Waals surface area contributed by atoms with Gasteiger partial charge in [-0.2, -0.15) is 17.8 Å². The van der Waals surface area contributed by atoms with Gasteiger partial charge < -0.3 is 0 Å². The van der Waals surface area contributed by atoms with Crippen LogP contribution in [-0.4, -0.2) is 47.5 Å². The summed E-state index contributed by atoms with van der Waals surface area (Å²) >= 11 is 0. The second-order valence-corrected chi connectivity index (χ2v) is 5.74. The Morgan fingerprint density at radius 1 is 1.33 bits per heavy atom. The van der Waals surface area contributed by atoms with Gasteiger partial charge in [-0.15, -0.1) is 0 Å². The van der Waals surface area contributed by atoms with Gasteiger partial charge in [0.2, 0.25) is 0 Å². The van der Waals surface area contributed by atoms with Gasteiger partial charge in [0.05, 0.1) is 0 Å². The first-order chi connectivity index (χ1) is 8.60. The number of nitrogens with one attached hydrogen (secondary N) is 2. The third-order valence-electron chi connectivity index (χ3n) is 2.40. The summed E-state index contributed by atoms with van der Waals surface area (Å²) in [6, 6.07) is 0. The number of hydrogen-bond donors (Lipinski definition) is 2. The van der Waals surface area contributed by atoms with Gasteiger partial charge in [-0.25, -0.2) is 9.71 Å². The number of hydrogen-bond acceptors (Lipinski definition) is 4. The highest BCUT2D eigenvalue weighted by atomic mass is 32.2. The smallest absolute Gasteiger partial charge is 0.263 e. The van der Waals surface area contributed by atoms with Crippen LogP contribution < -0.4 is 4.72 Å². The van der Waals surface area contributed by atoms with Crippen molar-refractivity contribution in [2.75, 3.05) is 19.6 Å². The molecule has 0 bridgehead atoms. The van der Waals surface area contributed by atoms with E-state index in [1.807, 2.05) is 13.8 Å². The normalized spacial score (nSPS) is 12.2. The molecule has 1 rings (SSSR count). The number of nitrogens with zero attached hydrogens (tertiary/aromatic N) is 3. The molecule has 1 heterocycles. The van der Waals surface area contributed by atoms with E-state index in [9.17, 15) is 8.42 Å². The molecule has 0 aliphatic heterocycles. The molecule has 0 radical (unpaired) electrons. The first kappa shape index (κ1) is 15.1. The van der Waals surface area contributed by atoms with Crippen LogP contribution in [0.4, 0.5) is 0 Å². The van der Waals surface area contributed by atoms with Crippen LogP contribution in [0, 0.1) is 0 Å². The van der Waals surface area contributed by atoms with Gasteiger partial charge in [0, 0.05) is 26.1 Å². The molecule has 1 aromatic rings. The van der Waals surface area contributed by atoms with Gasteiger partial charge in [0.15, 0.2) is 0 Å². The van der Waals surface area contributed by atoms with E-state index in [1.54, 1.807) is 0 Å². The summed E-state index contributed by atoms with van der Waals surface area (Å²) in [5, 5.41) is 6.40. The van der Waals surface area contributed by atoms with Gasteiger partial charge in [0.1, 0.15) is 12.2 Å². The van der Waals surface area contributed by atoms with Crippen LogP contribution in [0.2, 0.25) is 0 Å². The van der Waals surface area contributed by atoms with Gasteiger partial charge in [-0.3, -0.25) is 5.10 Å². The van der Waals surface area contributed by atoms with E-state index in [4.69, 9.17) is 0 Å². The third kappa shape index (κ3) is 4.71. The van der Waals surface area contributed by atoms with Crippen molar-refractivity contribution in [2.45, 2.75) is 33.1 Å². The average molecular weight is 275 g/mol. The van der Waals surface area contributed by atoms with Crippen LogP contribution in [0.3, 0.4) is 0 Å². The highest BCUT2D eigenvalue weighted by Gasteiger charge is 2.19. The molecule has 0 saturated heterocycles. The molecule has 0 spiro atoms. The van der Waals surface area contributed by atoms with E-state index in [2.05, 4.69) is 19.9 Å². The van der Waals surface area contributed by atoms with Gasteiger partial charge in [0.25, 0.3) is 10.2 Å². The lowest BCUT2D eigenvalue weighted by molar-refractivity contribution is 0.402. The molecule has 1 aromatic heterocycles. The largest absolute Gasteiger partial charge is 0.279 e. The van der Waals surface area contributed by atoms with Crippen molar-refractivity contribution in [3.8, 4) is 0 Å². The van der Waals surface area contributed by atoms with Crippen molar-refractivity contribution in [1.29, 1.82) is 0 Å². The maximum Gasteiger partial charge on any atom is 0.279 e. The molecular weight excluding hydrogens is 254 g/mol. The third-order valence-corrected chi connectivity index (χ3v) is 4.01. The lowest BCUT2D eigenvalue weighted by Gasteiger charge is -2.21. The fourth-order valence-corrected chi connectivity index (χ4v) is 2.98. The summed E-state index contributed by atoms with van der Waals surface area (Å²) < 4.78 is 28.1. The minimum absolute atomic E-state index is 0.321. The maximum atomic E-state index is 12.0. The summed E-state index contributed by atoms with van der Waals surface area (Å²) in [4.78, 5) is 3.94. The predicted molar refractivity (Wildman–Crippen MR) is 69.2 cm³/mol. The standard InChI is InChI=1S/C10H21N5O2S/c1-3-7-15(8-4-2)18(16,17)13-6-5-10-11-9-12-14-10/h9,13H,3-8H2,1-2H3,(H,11,12,14). The Hall–Kier alpha value is -0.990. The average Bonchev–Trinajstić information content (AvgIpc) is 2.81. The molecule has 8 heteroatoms. The molecule has 0 atom stereocenters. The van der Waals surface area contributed by atoms with E-state index in [1.165, 1.54) is 10.6 Å². The molecule has 0 saturated carbocycles. The van der Waals surface area contributed by atoms with E-state index >= 15 is 0 Å². The van der Waals surface area contributed by atoms with Crippen molar-refractivity contribution in [1.82, 2.24) is 24.2 Å². The molecule has 0 amide bonds. The van der Waals surface area contributed by atoms with Crippen molar-refractivity contribution in [3.05, 3.63) is 12.2 Å². The summed E-state index contributed by atoms with van der Waals surface area (Å²) in [5.74, 6) is 0.676. The summed E-state index contributed by atoms with van der Waals surface area (Å²) in [5.41, 5.74) is 0. The van der Waals surface area contributed by atoms with Crippen LogP contribution in [0.1, 0.15) is 32.5 Å². The molecule has 18 heavy (non-hydrogen) atoms. The molecule has 104 valence electrons. The van der Waals surface area contributed by atoms with Crippen molar-refractivity contribution in [3.63, 3.8) is 0 Å². The highest BCUT2D eigenvalue weighted by Crippen LogP contribution is 2.01. The fraction of sp³-hybridized carbons (Fsp3) is 0.800. The van der Waals surface area contributed by atoms with Crippen LogP contribution in [0.5, 0.6) is 0 Å². The summed E-state index contributed by atoms with van der Waals surface area (Å²) in [6.07, 6.45) is 3.53. The number of aromatic nitrogens is 3. The van der Waals surface area contributed by atoms with Gasteiger partial charge in [-0.05, 0) is 12.8 Å². The van der Waals surface area contributed by atoms with Crippen LogP contribution >= 0.6 is 0 Å². The van der Waals surface area contributed by atoms with E-state index in [0.717, 1.165) is 12.8 Å². The lowest BCUT2D eigenvalue weighted by atomic mass is 10.4. The number of aromatic amines is 1. The van der Waals surface area contributed by atoms with Gasteiger partial charge >= 0.3 is 0 Å². The number of H-pyrrole nitrogens is 1. The summed E-state index contributed by atoms with van der Waals surface area (Å²) in [6.45, 7) is 5.35. The summed E-state index contributed by atoms with van der Waals surface area (Å²) in [7, 11) is -3.38.